The minimum Gasteiger partial charge on any atom is -0.379 e. The Kier molecular flexibility index (Phi) is 6.28. The number of carbonyl (C=O) groups is 1. The molecule has 8 heteroatoms. The molecule has 3 rings (SSSR count). The summed E-state index contributed by atoms with van der Waals surface area (Å²) >= 11 is 0. The summed E-state index contributed by atoms with van der Waals surface area (Å²) in [5.74, 6) is 0.759. The highest BCUT2D eigenvalue weighted by molar-refractivity contribution is 5.76. The molecule has 0 aliphatic carbocycles. The van der Waals surface area contributed by atoms with Crippen molar-refractivity contribution in [1.82, 2.24) is 20.3 Å². The van der Waals surface area contributed by atoms with Gasteiger partial charge in [0.2, 0.25) is 5.91 Å². The SMILES string of the molecule is Cc1cc(C)n(CCC(=O)NC2CCOCC2OCc2c(C)noc2C)n1. The Labute approximate surface area is 159 Å². The second kappa shape index (κ2) is 8.67. The van der Waals surface area contributed by atoms with Gasteiger partial charge in [-0.1, -0.05) is 5.16 Å². The molecular weight excluding hydrogens is 348 g/mol. The Morgan fingerprint density at radius 2 is 2.19 bits per heavy atom. The van der Waals surface area contributed by atoms with Crippen LogP contribution in [0, 0.1) is 27.7 Å². The number of hydrogen-bond donors (Lipinski definition) is 1. The van der Waals surface area contributed by atoms with Crippen molar-refractivity contribution >= 4 is 5.91 Å². The molecule has 148 valence electrons. The highest BCUT2D eigenvalue weighted by Crippen LogP contribution is 2.18. The Morgan fingerprint density at radius 3 is 2.85 bits per heavy atom. The average Bonchev–Trinajstić information content (AvgIpc) is 3.13. The lowest BCUT2D eigenvalue weighted by atomic mass is 10.1. The number of hydrogen-bond acceptors (Lipinski definition) is 6. The molecule has 3 heterocycles. The number of nitrogens with one attached hydrogen (secondary N) is 1. The van der Waals surface area contributed by atoms with E-state index < -0.39 is 0 Å². The number of ether oxygens (including phenoxy) is 2. The molecular formula is C19H28N4O4. The fourth-order valence-corrected chi connectivity index (χ4v) is 3.33. The van der Waals surface area contributed by atoms with Gasteiger partial charge < -0.3 is 19.3 Å². The highest BCUT2D eigenvalue weighted by atomic mass is 16.5. The van der Waals surface area contributed by atoms with Crippen LogP contribution in [0.4, 0.5) is 0 Å². The highest BCUT2D eigenvalue weighted by Gasteiger charge is 2.28. The third-order valence-electron chi connectivity index (χ3n) is 4.93. The van der Waals surface area contributed by atoms with Crippen molar-refractivity contribution in [3.05, 3.63) is 34.5 Å². The lowest BCUT2D eigenvalue weighted by molar-refractivity contribution is -0.127. The first kappa shape index (κ1) is 19.6. The van der Waals surface area contributed by atoms with Crippen LogP contribution in [0.15, 0.2) is 10.6 Å². The minimum absolute atomic E-state index is 0.000363. The minimum atomic E-state index is -0.190. The summed E-state index contributed by atoms with van der Waals surface area (Å²) in [6.07, 6.45) is 0.929. The Bertz CT molecular complexity index is 763. The van der Waals surface area contributed by atoms with E-state index >= 15 is 0 Å². The van der Waals surface area contributed by atoms with Gasteiger partial charge in [-0.15, -0.1) is 0 Å². The van der Waals surface area contributed by atoms with E-state index in [9.17, 15) is 4.79 Å². The van der Waals surface area contributed by atoms with Crippen LogP contribution in [0.3, 0.4) is 0 Å². The van der Waals surface area contributed by atoms with E-state index in [4.69, 9.17) is 14.0 Å². The van der Waals surface area contributed by atoms with Crippen molar-refractivity contribution in [1.29, 1.82) is 0 Å². The fraction of sp³-hybridized carbons (Fsp3) is 0.632. The monoisotopic (exact) mass is 376 g/mol. The van der Waals surface area contributed by atoms with Crippen LogP contribution < -0.4 is 5.32 Å². The zero-order chi connectivity index (χ0) is 19.4. The predicted molar refractivity (Wildman–Crippen MR) is 98.2 cm³/mol. The van der Waals surface area contributed by atoms with Gasteiger partial charge in [-0.3, -0.25) is 9.48 Å². The molecule has 0 aromatic carbocycles. The largest absolute Gasteiger partial charge is 0.379 e. The summed E-state index contributed by atoms with van der Waals surface area (Å²) in [7, 11) is 0. The second-order valence-electron chi connectivity index (χ2n) is 7.09. The fourth-order valence-electron chi connectivity index (χ4n) is 3.33. The van der Waals surface area contributed by atoms with E-state index in [0.29, 0.717) is 32.8 Å². The lowest BCUT2D eigenvalue weighted by Crippen LogP contribution is -2.50. The molecule has 1 aliphatic rings. The third-order valence-corrected chi connectivity index (χ3v) is 4.93. The van der Waals surface area contributed by atoms with Gasteiger partial charge >= 0.3 is 0 Å². The van der Waals surface area contributed by atoms with E-state index in [1.165, 1.54) is 0 Å². The molecule has 2 aromatic heterocycles. The smallest absolute Gasteiger partial charge is 0.222 e. The zero-order valence-electron chi connectivity index (χ0n) is 16.4. The lowest BCUT2D eigenvalue weighted by Gasteiger charge is -2.32. The van der Waals surface area contributed by atoms with E-state index in [1.807, 2.05) is 38.4 Å². The van der Waals surface area contributed by atoms with Crippen LogP contribution in [0.25, 0.3) is 0 Å². The molecule has 1 fully saturated rings. The molecule has 1 saturated heterocycles. The molecule has 2 atom stereocenters. The maximum absolute atomic E-state index is 12.4. The molecule has 2 aromatic rings. The van der Waals surface area contributed by atoms with Gasteiger partial charge in [0.25, 0.3) is 0 Å². The number of aryl methyl sites for hydroxylation is 5. The van der Waals surface area contributed by atoms with Gasteiger partial charge in [-0.25, -0.2) is 0 Å². The summed E-state index contributed by atoms with van der Waals surface area (Å²) in [4.78, 5) is 12.4. The van der Waals surface area contributed by atoms with Gasteiger partial charge in [0.1, 0.15) is 11.9 Å². The number of amides is 1. The van der Waals surface area contributed by atoms with E-state index in [0.717, 1.165) is 34.8 Å². The molecule has 1 aliphatic heterocycles. The average molecular weight is 376 g/mol. The summed E-state index contributed by atoms with van der Waals surface area (Å²) in [5.41, 5.74) is 3.81. The summed E-state index contributed by atoms with van der Waals surface area (Å²) in [6, 6.07) is 1.95. The molecule has 0 radical (unpaired) electrons. The van der Waals surface area contributed by atoms with Crippen molar-refractivity contribution in [3.63, 3.8) is 0 Å². The zero-order valence-corrected chi connectivity index (χ0v) is 16.4. The first-order valence-corrected chi connectivity index (χ1v) is 9.35. The molecule has 8 nitrogen and oxygen atoms in total. The van der Waals surface area contributed by atoms with Crippen LogP contribution in [0.2, 0.25) is 0 Å². The predicted octanol–water partition coefficient (Wildman–Crippen LogP) is 1.99. The first-order valence-electron chi connectivity index (χ1n) is 9.35. The second-order valence-corrected chi connectivity index (χ2v) is 7.09. The summed E-state index contributed by atoms with van der Waals surface area (Å²) in [5, 5.41) is 11.4. The van der Waals surface area contributed by atoms with Gasteiger partial charge in [0, 0.05) is 30.8 Å². The molecule has 0 saturated carbocycles. The molecule has 27 heavy (non-hydrogen) atoms. The quantitative estimate of drug-likeness (QED) is 0.795. The summed E-state index contributed by atoms with van der Waals surface area (Å²) in [6.45, 7) is 9.76. The molecule has 0 spiro atoms. The summed E-state index contributed by atoms with van der Waals surface area (Å²) < 4.78 is 18.6. The Hall–Kier alpha value is -2.19. The number of aromatic nitrogens is 3. The van der Waals surface area contributed by atoms with Crippen molar-refractivity contribution in [2.45, 2.75) is 65.8 Å². The van der Waals surface area contributed by atoms with Gasteiger partial charge in [0.05, 0.1) is 30.6 Å². The first-order chi connectivity index (χ1) is 12.9. The van der Waals surface area contributed by atoms with E-state index in [-0.39, 0.29) is 18.1 Å². The molecule has 2 unspecified atom stereocenters. The Morgan fingerprint density at radius 1 is 1.37 bits per heavy atom. The van der Waals surface area contributed by atoms with Crippen molar-refractivity contribution in [3.8, 4) is 0 Å². The van der Waals surface area contributed by atoms with Crippen LogP contribution in [0.1, 0.15) is 41.2 Å². The van der Waals surface area contributed by atoms with Crippen molar-refractivity contribution < 1.29 is 18.8 Å². The van der Waals surface area contributed by atoms with E-state index in [1.54, 1.807) is 0 Å². The van der Waals surface area contributed by atoms with Crippen LogP contribution in [-0.2, 0) is 27.4 Å². The van der Waals surface area contributed by atoms with Gasteiger partial charge in [-0.05, 0) is 40.2 Å². The van der Waals surface area contributed by atoms with Crippen LogP contribution in [0.5, 0.6) is 0 Å². The maximum Gasteiger partial charge on any atom is 0.222 e. The third kappa shape index (κ3) is 4.95. The normalized spacial score (nSPS) is 20.0. The van der Waals surface area contributed by atoms with Crippen molar-refractivity contribution in [2.75, 3.05) is 13.2 Å². The molecule has 0 bridgehead atoms. The topological polar surface area (TPSA) is 91.4 Å². The van der Waals surface area contributed by atoms with Crippen LogP contribution in [-0.4, -0.2) is 46.2 Å². The number of carbonyl (C=O) groups excluding carboxylic acids is 1. The Balaban J connectivity index is 1.52. The van der Waals surface area contributed by atoms with Gasteiger partial charge in [0.15, 0.2) is 0 Å². The van der Waals surface area contributed by atoms with Crippen molar-refractivity contribution in [2.24, 2.45) is 0 Å². The van der Waals surface area contributed by atoms with Gasteiger partial charge in [-0.2, -0.15) is 5.10 Å². The van der Waals surface area contributed by atoms with Crippen LogP contribution >= 0.6 is 0 Å². The molecule has 1 N–H and O–H groups in total. The van der Waals surface area contributed by atoms with E-state index in [2.05, 4.69) is 15.6 Å². The standard InChI is InChI=1S/C19H28N4O4/c1-12-9-13(2)23(21-12)7-5-19(24)20-17-6-8-25-11-18(17)26-10-16-14(3)22-27-15(16)4/h9,17-18H,5-8,10-11H2,1-4H3,(H,20,24). The maximum atomic E-state index is 12.4. The number of rotatable bonds is 7. The molecule has 1 amide bonds. The number of nitrogens with zero attached hydrogens (tertiary/aromatic N) is 3.